The Hall–Kier alpha value is -0.690. The molecule has 0 spiro atoms. The third-order valence-electron chi connectivity index (χ3n) is 6.81. The predicted molar refractivity (Wildman–Crippen MR) is 132 cm³/mol. The van der Waals surface area contributed by atoms with Crippen molar-refractivity contribution in [3.05, 3.63) is 0 Å². The molecule has 188 valence electrons. The predicted octanol–water partition coefficient (Wildman–Crippen LogP) is 4.04. The van der Waals surface area contributed by atoms with Gasteiger partial charge in [-0.25, -0.2) is 0 Å². The van der Waals surface area contributed by atoms with Crippen molar-refractivity contribution in [1.82, 2.24) is 14.7 Å². The van der Waals surface area contributed by atoms with Gasteiger partial charge in [0, 0.05) is 52.2 Å². The van der Waals surface area contributed by atoms with Crippen LogP contribution in [0.25, 0.3) is 0 Å². The molecule has 0 saturated carbocycles. The van der Waals surface area contributed by atoms with Crippen LogP contribution in [0, 0.1) is 5.92 Å². The largest absolute Gasteiger partial charge is 0.379 e. The fourth-order valence-corrected chi connectivity index (χ4v) is 4.83. The maximum Gasteiger partial charge on any atom is 0.222 e. The molecule has 6 heteroatoms. The molecule has 0 radical (unpaired) electrons. The van der Waals surface area contributed by atoms with Gasteiger partial charge in [-0.2, -0.15) is 0 Å². The molecule has 6 nitrogen and oxygen atoms in total. The topological polar surface area (TPSA) is 45.2 Å². The molecule has 2 rings (SSSR count). The van der Waals surface area contributed by atoms with E-state index in [4.69, 9.17) is 9.47 Å². The maximum atomic E-state index is 13.1. The van der Waals surface area contributed by atoms with E-state index in [1.165, 1.54) is 44.9 Å². The molecule has 2 heterocycles. The maximum absolute atomic E-state index is 13.1. The Kier molecular flexibility index (Phi) is 15.3. The molecular weight excluding hydrogens is 402 g/mol. The SMILES string of the molecule is CCCCCCCCCC(=O)N(CCCCN1CCOCC1)CC(C)CN1CCOCC1. The lowest BCUT2D eigenvalue weighted by molar-refractivity contribution is -0.132. The van der Waals surface area contributed by atoms with Gasteiger partial charge in [-0.1, -0.05) is 52.4 Å². The highest BCUT2D eigenvalue weighted by atomic mass is 16.5. The second-order valence-electron chi connectivity index (χ2n) is 9.89. The van der Waals surface area contributed by atoms with Gasteiger partial charge in [0.1, 0.15) is 0 Å². The zero-order valence-electron chi connectivity index (χ0n) is 21.2. The van der Waals surface area contributed by atoms with Gasteiger partial charge in [-0.3, -0.25) is 14.6 Å². The second-order valence-corrected chi connectivity index (χ2v) is 9.89. The Morgan fingerprint density at radius 1 is 0.812 bits per heavy atom. The molecule has 0 N–H and O–H groups in total. The molecule has 2 fully saturated rings. The lowest BCUT2D eigenvalue weighted by Crippen LogP contribution is -2.43. The van der Waals surface area contributed by atoms with Crippen LogP contribution < -0.4 is 0 Å². The first-order valence-electron chi connectivity index (χ1n) is 13.6. The molecule has 0 aromatic rings. The van der Waals surface area contributed by atoms with Crippen molar-refractivity contribution in [2.24, 2.45) is 5.92 Å². The van der Waals surface area contributed by atoms with Crippen LogP contribution in [-0.2, 0) is 14.3 Å². The molecule has 2 aliphatic rings. The summed E-state index contributed by atoms with van der Waals surface area (Å²) in [5.74, 6) is 0.879. The summed E-state index contributed by atoms with van der Waals surface area (Å²) in [5.41, 5.74) is 0. The molecule has 0 bridgehead atoms. The van der Waals surface area contributed by atoms with E-state index in [0.717, 1.165) is 98.0 Å². The van der Waals surface area contributed by atoms with Gasteiger partial charge >= 0.3 is 0 Å². The Bertz CT molecular complexity index is 465. The summed E-state index contributed by atoms with van der Waals surface area (Å²) in [6.07, 6.45) is 11.8. The third kappa shape index (κ3) is 12.5. The van der Waals surface area contributed by atoms with Crippen LogP contribution in [0.5, 0.6) is 0 Å². The summed E-state index contributed by atoms with van der Waals surface area (Å²) in [4.78, 5) is 20.2. The van der Waals surface area contributed by atoms with Gasteiger partial charge < -0.3 is 14.4 Å². The standard InChI is InChI=1S/C26H51N3O3/c1-3-4-5-6-7-8-9-12-26(30)29(14-11-10-13-27-15-19-31-20-16-27)24-25(2)23-28-17-21-32-22-18-28/h25H,3-24H2,1-2H3. The van der Waals surface area contributed by atoms with Crippen LogP contribution in [0.3, 0.4) is 0 Å². The summed E-state index contributed by atoms with van der Waals surface area (Å²) in [6, 6.07) is 0. The van der Waals surface area contributed by atoms with Gasteiger partial charge in [-0.15, -0.1) is 0 Å². The minimum absolute atomic E-state index is 0.374. The molecule has 0 aliphatic carbocycles. The number of morpholine rings is 2. The van der Waals surface area contributed by atoms with Crippen LogP contribution in [-0.4, -0.2) is 99.4 Å². The first kappa shape index (κ1) is 27.6. The van der Waals surface area contributed by atoms with E-state index in [9.17, 15) is 4.79 Å². The smallest absolute Gasteiger partial charge is 0.222 e. The Morgan fingerprint density at radius 3 is 2.06 bits per heavy atom. The van der Waals surface area contributed by atoms with Crippen LogP contribution >= 0.6 is 0 Å². The fourth-order valence-electron chi connectivity index (χ4n) is 4.83. The van der Waals surface area contributed by atoms with E-state index < -0.39 is 0 Å². The van der Waals surface area contributed by atoms with Crippen LogP contribution in [0.15, 0.2) is 0 Å². The van der Waals surface area contributed by atoms with Gasteiger partial charge in [-0.05, 0) is 31.7 Å². The monoisotopic (exact) mass is 453 g/mol. The number of rotatable bonds is 17. The average molecular weight is 454 g/mol. The summed E-state index contributed by atoms with van der Waals surface area (Å²) in [5, 5.41) is 0. The fraction of sp³-hybridized carbons (Fsp3) is 0.962. The lowest BCUT2D eigenvalue weighted by Gasteiger charge is -2.32. The molecule has 1 unspecified atom stereocenters. The Morgan fingerprint density at radius 2 is 1.41 bits per heavy atom. The number of hydrogen-bond acceptors (Lipinski definition) is 5. The average Bonchev–Trinajstić information content (AvgIpc) is 2.81. The van der Waals surface area contributed by atoms with Gasteiger partial charge in [0.2, 0.25) is 5.91 Å². The van der Waals surface area contributed by atoms with Gasteiger partial charge in [0.25, 0.3) is 0 Å². The van der Waals surface area contributed by atoms with E-state index in [0.29, 0.717) is 11.8 Å². The zero-order chi connectivity index (χ0) is 22.9. The molecule has 1 atom stereocenters. The molecule has 1 amide bonds. The number of nitrogens with zero attached hydrogens (tertiary/aromatic N) is 3. The highest BCUT2D eigenvalue weighted by Crippen LogP contribution is 2.13. The lowest BCUT2D eigenvalue weighted by atomic mass is 10.1. The summed E-state index contributed by atoms with van der Waals surface area (Å²) in [7, 11) is 0. The second kappa shape index (κ2) is 17.7. The van der Waals surface area contributed by atoms with E-state index >= 15 is 0 Å². The number of ether oxygens (including phenoxy) is 2. The molecule has 2 saturated heterocycles. The number of carbonyl (C=O) groups excluding carboxylic acids is 1. The first-order chi connectivity index (χ1) is 15.7. The van der Waals surface area contributed by atoms with Crippen LogP contribution in [0.1, 0.15) is 78.1 Å². The summed E-state index contributed by atoms with van der Waals surface area (Å²) >= 11 is 0. The van der Waals surface area contributed by atoms with Gasteiger partial charge in [0.05, 0.1) is 26.4 Å². The van der Waals surface area contributed by atoms with Crippen LogP contribution in [0.2, 0.25) is 0 Å². The highest BCUT2D eigenvalue weighted by molar-refractivity contribution is 5.76. The van der Waals surface area contributed by atoms with Crippen molar-refractivity contribution in [2.75, 3.05) is 78.8 Å². The van der Waals surface area contributed by atoms with Gasteiger partial charge in [0.15, 0.2) is 0 Å². The minimum Gasteiger partial charge on any atom is -0.379 e. The Labute approximate surface area is 198 Å². The van der Waals surface area contributed by atoms with Crippen molar-refractivity contribution in [3.8, 4) is 0 Å². The van der Waals surface area contributed by atoms with E-state index in [-0.39, 0.29) is 0 Å². The first-order valence-corrected chi connectivity index (χ1v) is 13.6. The normalized spacial score (nSPS) is 19.2. The van der Waals surface area contributed by atoms with Crippen molar-refractivity contribution in [1.29, 1.82) is 0 Å². The highest BCUT2D eigenvalue weighted by Gasteiger charge is 2.19. The van der Waals surface area contributed by atoms with Crippen molar-refractivity contribution >= 4 is 5.91 Å². The van der Waals surface area contributed by atoms with Crippen molar-refractivity contribution in [2.45, 2.75) is 78.1 Å². The summed E-state index contributed by atoms with van der Waals surface area (Å²) < 4.78 is 10.9. The van der Waals surface area contributed by atoms with Crippen LogP contribution in [0.4, 0.5) is 0 Å². The summed E-state index contributed by atoms with van der Waals surface area (Å²) in [6.45, 7) is 16.1. The minimum atomic E-state index is 0.374. The zero-order valence-corrected chi connectivity index (χ0v) is 21.2. The number of unbranched alkanes of at least 4 members (excludes halogenated alkanes) is 7. The number of carbonyl (C=O) groups is 1. The molecule has 0 aromatic heterocycles. The molecule has 32 heavy (non-hydrogen) atoms. The van der Waals surface area contributed by atoms with E-state index in [1.54, 1.807) is 0 Å². The van der Waals surface area contributed by atoms with Crippen molar-refractivity contribution in [3.63, 3.8) is 0 Å². The quantitative estimate of drug-likeness (QED) is 0.311. The molecule has 0 aromatic carbocycles. The van der Waals surface area contributed by atoms with E-state index in [1.807, 2.05) is 0 Å². The third-order valence-corrected chi connectivity index (χ3v) is 6.81. The molecular formula is C26H51N3O3. The van der Waals surface area contributed by atoms with E-state index in [2.05, 4.69) is 28.5 Å². The number of hydrogen-bond donors (Lipinski definition) is 0. The van der Waals surface area contributed by atoms with Crippen molar-refractivity contribution < 1.29 is 14.3 Å². The number of amides is 1. The molecule has 2 aliphatic heterocycles. The Balaban J connectivity index is 1.70.